The number of carbonyl (C=O) groups is 1. The summed E-state index contributed by atoms with van der Waals surface area (Å²) in [6, 6.07) is 1.74. The predicted octanol–water partition coefficient (Wildman–Crippen LogP) is 1.28. The Morgan fingerprint density at radius 3 is 3.00 bits per heavy atom. The molecule has 1 aromatic rings. The van der Waals surface area contributed by atoms with Gasteiger partial charge in [-0.2, -0.15) is 0 Å². The lowest BCUT2D eigenvalue weighted by molar-refractivity contribution is -0.141. The van der Waals surface area contributed by atoms with E-state index in [4.69, 9.17) is 10.5 Å². The van der Waals surface area contributed by atoms with E-state index in [9.17, 15) is 4.79 Å². The molecule has 0 saturated carbocycles. The van der Waals surface area contributed by atoms with Crippen LogP contribution in [0.1, 0.15) is 24.5 Å². The van der Waals surface area contributed by atoms with Gasteiger partial charge in [-0.05, 0) is 25.5 Å². The summed E-state index contributed by atoms with van der Waals surface area (Å²) in [5.41, 5.74) is 7.23. The van der Waals surface area contributed by atoms with Gasteiger partial charge in [0.2, 0.25) is 0 Å². The second-order valence-electron chi connectivity index (χ2n) is 3.21. The fraction of sp³-hybridized carbons (Fsp3) is 0.333. The van der Waals surface area contributed by atoms with Gasteiger partial charge in [0.05, 0.1) is 6.61 Å². The molecule has 0 amide bonds. The Morgan fingerprint density at radius 1 is 1.62 bits per heavy atom. The number of esters is 1. The molecular formula is C12H14N2O2. The van der Waals surface area contributed by atoms with Crippen LogP contribution in [-0.2, 0) is 9.53 Å². The van der Waals surface area contributed by atoms with E-state index in [1.807, 2.05) is 6.92 Å². The molecule has 0 aliphatic heterocycles. The lowest BCUT2D eigenvalue weighted by atomic mass is 10.1. The Balaban J connectivity index is 2.66. The van der Waals surface area contributed by atoms with Crippen LogP contribution in [0.25, 0.3) is 0 Å². The standard InChI is InChI=1S/C12H14N2O2/c1-3-16-12(15)6-4-5-10-8-14-11(13)7-9(10)2/h7-8H,3,6H2,1-2H3,(H2,13,14). The van der Waals surface area contributed by atoms with Crippen LogP contribution in [0.15, 0.2) is 12.3 Å². The Kier molecular flexibility index (Phi) is 4.34. The van der Waals surface area contributed by atoms with Crippen molar-refractivity contribution < 1.29 is 9.53 Å². The molecule has 0 aromatic carbocycles. The molecule has 2 N–H and O–H groups in total. The minimum atomic E-state index is -0.309. The highest BCUT2D eigenvalue weighted by atomic mass is 16.5. The van der Waals surface area contributed by atoms with Crippen molar-refractivity contribution in [3.8, 4) is 11.8 Å². The van der Waals surface area contributed by atoms with Gasteiger partial charge in [0, 0.05) is 11.8 Å². The van der Waals surface area contributed by atoms with Crippen LogP contribution in [0.4, 0.5) is 5.82 Å². The number of anilines is 1. The fourth-order valence-corrected chi connectivity index (χ4v) is 1.13. The monoisotopic (exact) mass is 218 g/mol. The summed E-state index contributed by atoms with van der Waals surface area (Å²) < 4.78 is 4.75. The van der Waals surface area contributed by atoms with Crippen LogP contribution in [0.3, 0.4) is 0 Å². The molecule has 1 aromatic heterocycles. The van der Waals surface area contributed by atoms with Gasteiger partial charge in [-0.25, -0.2) is 4.98 Å². The maximum Gasteiger partial charge on any atom is 0.317 e. The fourth-order valence-electron chi connectivity index (χ4n) is 1.13. The van der Waals surface area contributed by atoms with E-state index in [2.05, 4.69) is 16.8 Å². The molecule has 0 atom stereocenters. The third-order valence-electron chi connectivity index (χ3n) is 1.89. The lowest BCUT2D eigenvalue weighted by Crippen LogP contribution is -2.01. The molecule has 0 radical (unpaired) electrons. The van der Waals surface area contributed by atoms with E-state index in [-0.39, 0.29) is 12.4 Å². The summed E-state index contributed by atoms with van der Waals surface area (Å²) in [6.07, 6.45) is 1.69. The van der Waals surface area contributed by atoms with Crippen molar-refractivity contribution in [3.05, 3.63) is 23.4 Å². The number of carbonyl (C=O) groups excluding carboxylic acids is 1. The van der Waals surface area contributed by atoms with Crippen LogP contribution in [-0.4, -0.2) is 17.6 Å². The van der Waals surface area contributed by atoms with Crippen LogP contribution in [0.2, 0.25) is 0 Å². The maximum absolute atomic E-state index is 11.0. The molecule has 84 valence electrons. The van der Waals surface area contributed by atoms with E-state index >= 15 is 0 Å². The molecule has 0 spiro atoms. The van der Waals surface area contributed by atoms with Gasteiger partial charge in [-0.3, -0.25) is 4.79 Å². The first-order valence-corrected chi connectivity index (χ1v) is 5.00. The van der Waals surface area contributed by atoms with Crippen LogP contribution in [0.5, 0.6) is 0 Å². The number of nitrogen functional groups attached to an aromatic ring is 1. The molecule has 0 bridgehead atoms. The molecule has 4 nitrogen and oxygen atoms in total. The molecule has 0 saturated heterocycles. The van der Waals surface area contributed by atoms with Gasteiger partial charge >= 0.3 is 5.97 Å². The molecule has 0 unspecified atom stereocenters. The van der Waals surface area contributed by atoms with E-state index in [1.165, 1.54) is 0 Å². The predicted molar refractivity (Wildman–Crippen MR) is 61.5 cm³/mol. The zero-order chi connectivity index (χ0) is 12.0. The molecular weight excluding hydrogens is 204 g/mol. The highest BCUT2D eigenvalue weighted by molar-refractivity contribution is 5.72. The number of aryl methyl sites for hydroxylation is 1. The average Bonchev–Trinajstić information content (AvgIpc) is 2.22. The normalized spacial score (nSPS) is 9.12. The third-order valence-corrected chi connectivity index (χ3v) is 1.89. The van der Waals surface area contributed by atoms with E-state index in [0.717, 1.165) is 11.1 Å². The number of nitrogens with two attached hydrogens (primary N) is 1. The zero-order valence-corrected chi connectivity index (χ0v) is 9.41. The van der Waals surface area contributed by atoms with Crippen molar-refractivity contribution >= 4 is 11.8 Å². The van der Waals surface area contributed by atoms with Gasteiger partial charge in [0.25, 0.3) is 0 Å². The number of rotatable bonds is 2. The van der Waals surface area contributed by atoms with Gasteiger partial charge < -0.3 is 10.5 Å². The van der Waals surface area contributed by atoms with Crippen molar-refractivity contribution in [3.63, 3.8) is 0 Å². The maximum atomic E-state index is 11.0. The first kappa shape index (κ1) is 12.1. The summed E-state index contributed by atoms with van der Waals surface area (Å²) in [4.78, 5) is 14.9. The molecule has 1 rings (SSSR count). The number of ether oxygens (including phenoxy) is 1. The first-order chi connectivity index (χ1) is 7.63. The summed E-state index contributed by atoms with van der Waals surface area (Å²) in [6.45, 7) is 4.04. The number of hydrogen-bond acceptors (Lipinski definition) is 4. The molecule has 1 heterocycles. The van der Waals surface area contributed by atoms with E-state index < -0.39 is 0 Å². The summed E-state index contributed by atoms with van der Waals surface area (Å²) in [5.74, 6) is 5.76. The Hall–Kier alpha value is -2.02. The first-order valence-electron chi connectivity index (χ1n) is 5.00. The molecule has 0 aliphatic rings. The van der Waals surface area contributed by atoms with Crippen molar-refractivity contribution in [2.45, 2.75) is 20.3 Å². The van der Waals surface area contributed by atoms with E-state index in [0.29, 0.717) is 12.4 Å². The Labute approximate surface area is 94.8 Å². The second kappa shape index (κ2) is 5.76. The van der Waals surface area contributed by atoms with Crippen molar-refractivity contribution in [2.75, 3.05) is 12.3 Å². The number of nitrogens with zero attached hydrogens (tertiary/aromatic N) is 1. The van der Waals surface area contributed by atoms with Gasteiger partial charge in [0.15, 0.2) is 0 Å². The minimum Gasteiger partial charge on any atom is -0.465 e. The molecule has 16 heavy (non-hydrogen) atoms. The van der Waals surface area contributed by atoms with Crippen molar-refractivity contribution in [2.24, 2.45) is 0 Å². The van der Waals surface area contributed by atoms with Crippen LogP contribution in [0, 0.1) is 18.8 Å². The quantitative estimate of drug-likeness (QED) is 0.599. The molecule has 0 fully saturated rings. The Morgan fingerprint density at radius 2 is 2.38 bits per heavy atom. The van der Waals surface area contributed by atoms with Gasteiger partial charge in [-0.1, -0.05) is 11.8 Å². The molecule has 0 aliphatic carbocycles. The summed E-state index contributed by atoms with van der Waals surface area (Å²) >= 11 is 0. The van der Waals surface area contributed by atoms with Crippen molar-refractivity contribution in [1.82, 2.24) is 4.98 Å². The molecule has 4 heteroatoms. The average molecular weight is 218 g/mol. The number of pyridine rings is 1. The van der Waals surface area contributed by atoms with E-state index in [1.54, 1.807) is 19.2 Å². The number of hydrogen-bond donors (Lipinski definition) is 1. The highest BCUT2D eigenvalue weighted by Gasteiger charge is 1.98. The third kappa shape index (κ3) is 3.62. The van der Waals surface area contributed by atoms with Crippen LogP contribution >= 0.6 is 0 Å². The smallest absolute Gasteiger partial charge is 0.317 e. The highest BCUT2D eigenvalue weighted by Crippen LogP contribution is 2.07. The number of aromatic nitrogens is 1. The van der Waals surface area contributed by atoms with Gasteiger partial charge in [0.1, 0.15) is 12.2 Å². The SMILES string of the molecule is CCOC(=O)CC#Cc1cnc(N)cc1C. The summed E-state index contributed by atoms with van der Waals surface area (Å²) in [7, 11) is 0. The summed E-state index contributed by atoms with van der Waals surface area (Å²) in [5, 5.41) is 0. The minimum absolute atomic E-state index is 0.0949. The topological polar surface area (TPSA) is 65.2 Å². The largest absolute Gasteiger partial charge is 0.465 e. The lowest BCUT2D eigenvalue weighted by Gasteiger charge is -1.98. The van der Waals surface area contributed by atoms with Crippen molar-refractivity contribution in [1.29, 1.82) is 0 Å². The van der Waals surface area contributed by atoms with Crippen LogP contribution < -0.4 is 5.73 Å². The van der Waals surface area contributed by atoms with Gasteiger partial charge in [-0.15, -0.1) is 0 Å². The Bertz CT molecular complexity index is 444. The zero-order valence-electron chi connectivity index (χ0n) is 9.41. The second-order valence-corrected chi connectivity index (χ2v) is 3.21.